The van der Waals surface area contributed by atoms with Gasteiger partial charge in [0.1, 0.15) is 6.04 Å². The van der Waals surface area contributed by atoms with Gasteiger partial charge in [-0.1, -0.05) is 13.8 Å². The van der Waals surface area contributed by atoms with Crippen LogP contribution in [0.5, 0.6) is 0 Å². The van der Waals surface area contributed by atoms with E-state index in [0.29, 0.717) is 12.3 Å². The molecule has 0 aliphatic rings. The van der Waals surface area contributed by atoms with Crippen LogP contribution < -0.4 is 11.1 Å². The van der Waals surface area contributed by atoms with Crippen molar-refractivity contribution in [3.05, 3.63) is 0 Å². The lowest BCUT2D eigenvalue weighted by Crippen LogP contribution is -2.44. The number of nitrogens with one attached hydrogen (secondary N) is 1. The first-order valence-corrected chi connectivity index (χ1v) is 4.00. The van der Waals surface area contributed by atoms with Crippen molar-refractivity contribution in [2.24, 2.45) is 11.7 Å². The van der Waals surface area contributed by atoms with E-state index in [2.05, 4.69) is 5.32 Å². The molecule has 0 rings (SSSR count). The van der Waals surface area contributed by atoms with Gasteiger partial charge >= 0.3 is 0 Å². The Bertz CT molecular complexity index is 178. The van der Waals surface area contributed by atoms with Crippen LogP contribution in [0.1, 0.15) is 27.2 Å². The molecule has 3 N–H and O–H groups in total. The minimum absolute atomic E-state index is 0.223. The summed E-state index contributed by atoms with van der Waals surface area (Å²) in [6.45, 7) is 5.31. The number of amides is 2. The Morgan fingerprint density at radius 1 is 1.42 bits per heavy atom. The number of hydrogen-bond donors (Lipinski definition) is 2. The molecule has 0 spiro atoms. The number of carbonyl (C=O) groups excluding carboxylic acids is 2. The zero-order chi connectivity index (χ0) is 9.72. The molecule has 0 saturated heterocycles. The van der Waals surface area contributed by atoms with Crippen molar-refractivity contribution in [1.29, 1.82) is 0 Å². The lowest BCUT2D eigenvalue weighted by Gasteiger charge is -2.15. The first-order chi connectivity index (χ1) is 5.43. The molecule has 4 heteroatoms. The number of carbonyl (C=O) groups is 2. The predicted molar refractivity (Wildman–Crippen MR) is 46.3 cm³/mol. The molecule has 12 heavy (non-hydrogen) atoms. The summed E-state index contributed by atoms with van der Waals surface area (Å²) in [5.74, 6) is -0.354. The summed E-state index contributed by atoms with van der Waals surface area (Å²) in [5.41, 5.74) is 5.08. The maximum absolute atomic E-state index is 10.8. The van der Waals surface area contributed by atoms with E-state index in [1.165, 1.54) is 6.92 Å². The molecule has 1 atom stereocenters. The average molecular weight is 172 g/mol. The first-order valence-electron chi connectivity index (χ1n) is 4.00. The van der Waals surface area contributed by atoms with Crippen molar-refractivity contribution in [1.82, 2.24) is 5.32 Å². The Labute approximate surface area is 72.5 Å². The summed E-state index contributed by atoms with van der Waals surface area (Å²) >= 11 is 0. The van der Waals surface area contributed by atoms with Gasteiger partial charge in [0.25, 0.3) is 0 Å². The van der Waals surface area contributed by atoms with Crippen LogP contribution in [0.4, 0.5) is 0 Å². The zero-order valence-electron chi connectivity index (χ0n) is 7.76. The number of nitrogens with two attached hydrogens (primary N) is 1. The zero-order valence-corrected chi connectivity index (χ0v) is 7.76. The highest BCUT2D eigenvalue weighted by molar-refractivity contribution is 5.85. The fraction of sp³-hybridized carbons (Fsp3) is 0.750. The molecule has 2 amide bonds. The van der Waals surface area contributed by atoms with Crippen LogP contribution in [0, 0.1) is 5.92 Å². The Hall–Kier alpha value is -1.06. The summed E-state index contributed by atoms with van der Waals surface area (Å²) in [4.78, 5) is 21.4. The Morgan fingerprint density at radius 2 is 1.92 bits per heavy atom. The van der Waals surface area contributed by atoms with E-state index in [1.54, 1.807) is 0 Å². The van der Waals surface area contributed by atoms with Crippen LogP contribution in [0.2, 0.25) is 0 Å². The normalized spacial score (nSPS) is 12.7. The number of hydrogen-bond acceptors (Lipinski definition) is 2. The molecule has 0 aromatic carbocycles. The number of primary amides is 1. The third-order valence-corrected chi connectivity index (χ3v) is 1.43. The molecule has 0 bridgehead atoms. The highest BCUT2D eigenvalue weighted by Crippen LogP contribution is 2.03. The van der Waals surface area contributed by atoms with E-state index in [0.717, 1.165) is 0 Å². The van der Waals surface area contributed by atoms with Crippen LogP contribution in [-0.2, 0) is 9.59 Å². The van der Waals surface area contributed by atoms with E-state index in [1.807, 2.05) is 13.8 Å². The molecule has 0 heterocycles. The molecule has 0 aromatic heterocycles. The van der Waals surface area contributed by atoms with Gasteiger partial charge in [-0.15, -0.1) is 0 Å². The highest BCUT2D eigenvalue weighted by atomic mass is 16.2. The average Bonchev–Trinajstić information content (AvgIpc) is 1.83. The van der Waals surface area contributed by atoms with Crippen LogP contribution in [-0.4, -0.2) is 17.9 Å². The molecule has 0 saturated carbocycles. The fourth-order valence-corrected chi connectivity index (χ4v) is 0.963. The van der Waals surface area contributed by atoms with Crippen LogP contribution in [0.15, 0.2) is 0 Å². The maximum atomic E-state index is 10.8. The lowest BCUT2D eigenvalue weighted by molar-refractivity contribution is -0.126. The molecule has 0 fully saturated rings. The van der Waals surface area contributed by atoms with Crippen molar-refractivity contribution in [2.75, 3.05) is 0 Å². The summed E-state index contributed by atoms with van der Waals surface area (Å²) in [6.07, 6.45) is 0.592. The third kappa shape index (κ3) is 4.71. The van der Waals surface area contributed by atoms with E-state index < -0.39 is 11.9 Å². The molecule has 1 unspecified atom stereocenters. The van der Waals surface area contributed by atoms with Gasteiger partial charge in [-0.3, -0.25) is 9.59 Å². The Morgan fingerprint density at radius 3 is 2.17 bits per heavy atom. The van der Waals surface area contributed by atoms with Crippen molar-refractivity contribution in [3.8, 4) is 0 Å². The second-order valence-corrected chi connectivity index (χ2v) is 3.29. The van der Waals surface area contributed by atoms with Crippen molar-refractivity contribution in [3.63, 3.8) is 0 Å². The molecule has 0 aromatic rings. The van der Waals surface area contributed by atoms with E-state index in [9.17, 15) is 9.59 Å². The lowest BCUT2D eigenvalue weighted by atomic mass is 10.0. The minimum atomic E-state index is -0.525. The molecule has 70 valence electrons. The van der Waals surface area contributed by atoms with Gasteiger partial charge in [-0.25, -0.2) is 0 Å². The van der Waals surface area contributed by atoms with Crippen molar-refractivity contribution in [2.45, 2.75) is 33.2 Å². The second kappa shape index (κ2) is 4.74. The largest absolute Gasteiger partial charge is 0.368 e. The predicted octanol–water partition coefficient (Wildman–Crippen LogP) is 0.0225. The SMILES string of the molecule is CC(=O)NC(CC(C)C)C(N)=O. The summed E-state index contributed by atoms with van der Waals surface area (Å²) in [6, 6.07) is -0.525. The van der Waals surface area contributed by atoms with Gasteiger partial charge in [0.2, 0.25) is 11.8 Å². The van der Waals surface area contributed by atoms with Gasteiger partial charge in [-0.2, -0.15) is 0 Å². The molecule has 0 aliphatic heterocycles. The van der Waals surface area contributed by atoms with Gasteiger partial charge in [0.05, 0.1) is 0 Å². The van der Waals surface area contributed by atoms with Gasteiger partial charge in [0.15, 0.2) is 0 Å². The van der Waals surface area contributed by atoms with Crippen molar-refractivity contribution < 1.29 is 9.59 Å². The Kier molecular flexibility index (Phi) is 4.33. The highest BCUT2D eigenvalue weighted by Gasteiger charge is 2.16. The number of rotatable bonds is 4. The van der Waals surface area contributed by atoms with Crippen LogP contribution in [0.3, 0.4) is 0 Å². The summed E-state index contributed by atoms with van der Waals surface area (Å²) < 4.78 is 0. The Balaban J connectivity index is 4.04. The topological polar surface area (TPSA) is 72.2 Å². The fourth-order valence-electron chi connectivity index (χ4n) is 0.963. The van der Waals surface area contributed by atoms with Gasteiger partial charge in [-0.05, 0) is 12.3 Å². The molecule has 4 nitrogen and oxygen atoms in total. The third-order valence-electron chi connectivity index (χ3n) is 1.43. The molecular formula is C8H16N2O2. The van der Waals surface area contributed by atoms with Crippen LogP contribution in [0.25, 0.3) is 0 Å². The van der Waals surface area contributed by atoms with E-state index in [-0.39, 0.29) is 5.91 Å². The van der Waals surface area contributed by atoms with Gasteiger partial charge < -0.3 is 11.1 Å². The quantitative estimate of drug-likeness (QED) is 0.627. The second-order valence-electron chi connectivity index (χ2n) is 3.29. The maximum Gasteiger partial charge on any atom is 0.240 e. The van der Waals surface area contributed by atoms with E-state index >= 15 is 0 Å². The summed E-state index contributed by atoms with van der Waals surface area (Å²) in [5, 5.41) is 2.50. The molecular weight excluding hydrogens is 156 g/mol. The first kappa shape index (κ1) is 10.9. The van der Waals surface area contributed by atoms with Gasteiger partial charge in [0, 0.05) is 6.92 Å². The smallest absolute Gasteiger partial charge is 0.240 e. The molecule has 0 aliphatic carbocycles. The van der Waals surface area contributed by atoms with E-state index in [4.69, 9.17) is 5.73 Å². The molecule has 0 radical (unpaired) electrons. The van der Waals surface area contributed by atoms with Crippen LogP contribution >= 0.6 is 0 Å². The minimum Gasteiger partial charge on any atom is -0.368 e. The monoisotopic (exact) mass is 172 g/mol. The van der Waals surface area contributed by atoms with Crippen molar-refractivity contribution >= 4 is 11.8 Å². The standard InChI is InChI=1S/C8H16N2O2/c1-5(2)4-7(8(9)12)10-6(3)11/h5,7H,4H2,1-3H3,(H2,9,12)(H,10,11). The summed E-state index contributed by atoms with van der Waals surface area (Å²) in [7, 11) is 0.